The van der Waals surface area contributed by atoms with E-state index in [-0.39, 0.29) is 12.0 Å². The number of hydrogen-bond acceptors (Lipinski definition) is 2. The molecule has 0 saturated carbocycles. The number of hydrogen-bond donors (Lipinski definition) is 1. The summed E-state index contributed by atoms with van der Waals surface area (Å²) in [7, 11) is 0. The van der Waals surface area contributed by atoms with Gasteiger partial charge in [-0.05, 0) is 17.5 Å². The number of rotatable bonds is 4. The fourth-order valence-electron chi connectivity index (χ4n) is 1.44. The quantitative estimate of drug-likeness (QED) is 0.847. The minimum absolute atomic E-state index is 0.0706. The average molecular weight is 220 g/mol. The molecular formula is C14H20O2. The number of benzene rings is 1. The molecule has 0 radical (unpaired) electrons. The summed E-state index contributed by atoms with van der Waals surface area (Å²) in [5.74, 6) is 0.290. The Morgan fingerprint density at radius 1 is 1.12 bits per heavy atom. The van der Waals surface area contributed by atoms with Gasteiger partial charge in [-0.2, -0.15) is 0 Å². The van der Waals surface area contributed by atoms with E-state index in [0.29, 0.717) is 12.2 Å². The Bertz CT molecular complexity index is 344. The normalized spacial score (nSPS) is 11.5. The van der Waals surface area contributed by atoms with Crippen LogP contribution < -0.4 is 0 Å². The molecule has 88 valence electrons. The van der Waals surface area contributed by atoms with Crippen LogP contribution in [0.4, 0.5) is 0 Å². The summed E-state index contributed by atoms with van der Waals surface area (Å²) in [6, 6.07) is 7.75. The van der Waals surface area contributed by atoms with Gasteiger partial charge < -0.3 is 5.11 Å². The van der Waals surface area contributed by atoms with Crippen LogP contribution in [-0.2, 0) is 17.8 Å². The number of aliphatic hydroxyl groups excluding tert-OH is 1. The van der Waals surface area contributed by atoms with Crippen molar-refractivity contribution in [2.24, 2.45) is 5.41 Å². The van der Waals surface area contributed by atoms with Gasteiger partial charge in [-0.25, -0.2) is 0 Å². The molecule has 0 unspecified atom stereocenters. The highest BCUT2D eigenvalue weighted by atomic mass is 16.3. The predicted molar refractivity (Wildman–Crippen MR) is 65.1 cm³/mol. The maximum absolute atomic E-state index is 11.7. The number of Topliss-reactive ketones (excluding diaryl/α,β-unsaturated/α-hetero) is 1. The minimum atomic E-state index is -0.245. The molecule has 0 atom stereocenters. The van der Waals surface area contributed by atoms with Gasteiger partial charge in [0.2, 0.25) is 0 Å². The van der Waals surface area contributed by atoms with E-state index in [4.69, 9.17) is 5.11 Å². The highest BCUT2D eigenvalue weighted by Crippen LogP contribution is 2.18. The van der Waals surface area contributed by atoms with Crippen molar-refractivity contribution >= 4 is 5.78 Å². The van der Waals surface area contributed by atoms with Crippen LogP contribution in [0.5, 0.6) is 0 Å². The molecule has 0 amide bonds. The van der Waals surface area contributed by atoms with E-state index in [2.05, 4.69) is 0 Å². The Hall–Kier alpha value is -1.15. The smallest absolute Gasteiger partial charge is 0.138 e. The van der Waals surface area contributed by atoms with E-state index in [9.17, 15) is 4.79 Å². The molecule has 0 spiro atoms. The molecule has 1 aromatic rings. The van der Waals surface area contributed by atoms with Crippen molar-refractivity contribution in [2.75, 3.05) is 0 Å². The van der Waals surface area contributed by atoms with Gasteiger partial charge >= 0.3 is 0 Å². The predicted octanol–water partition coefficient (Wildman–Crippen LogP) is 2.73. The lowest BCUT2D eigenvalue weighted by Gasteiger charge is -2.16. The third-order valence-corrected chi connectivity index (χ3v) is 2.68. The van der Waals surface area contributed by atoms with E-state index in [1.807, 2.05) is 45.0 Å². The van der Waals surface area contributed by atoms with Gasteiger partial charge in [0.15, 0.2) is 0 Å². The van der Waals surface area contributed by atoms with Gasteiger partial charge in [0, 0.05) is 11.8 Å². The zero-order valence-electron chi connectivity index (χ0n) is 10.3. The van der Waals surface area contributed by atoms with Crippen molar-refractivity contribution in [3.63, 3.8) is 0 Å². The molecule has 1 aromatic carbocycles. The minimum Gasteiger partial charge on any atom is -0.392 e. The van der Waals surface area contributed by atoms with Crippen LogP contribution in [0, 0.1) is 5.41 Å². The summed E-state index contributed by atoms with van der Waals surface area (Å²) in [5.41, 5.74) is 1.81. The van der Waals surface area contributed by atoms with Crippen LogP contribution in [0.2, 0.25) is 0 Å². The van der Waals surface area contributed by atoms with Crippen molar-refractivity contribution in [1.29, 1.82) is 0 Å². The summed E-state index contributed by atoms with van der Waals surface area (Å²) in [4.78, 5) is 11.7. The molecule has 0 aliphatic rings. The van der Waals surface area contributed by atoms with E-state index in [1.54, 1.807) is 0 Å². The number of carbonyl (C=O) groups is 1. The largest absolute Gasteiger partial charge is 0.392 e. The third-order valence-electron chi connectivity index (χ3n) is 2.68. The second kappa shape index (κ2) is 5.26. The van der Waals surface area contributed by atoms with Crippen molar-refractivity contribution < 1.29 is 9.90 Å². The Morgan fingerprint density at radius 3 is 2.06 bits per heavy atom. The molecule has 16 heavy (non-hydrogen) atoms. The lowest BCUT2D eigenvalue weighted by atomic mass is 9.87. The first-order chi connectivity index (χ1) is 7.43. The second-order valence-electron chi connectivity index (χ2n) is 5.15. The van der Waals surface area contributed by atoms with Crippen molar-refractivity contribution in [1.82, 2.24) is 0 Å². The van der Waals surface area contributed by atoms with E-state index in [1.165, 1.54) is 0 Å². The topological polar surface area (TPSA) is 37.3 Å². The van der Waals surface area contributed by atoms with Gasteiger partial charge in [-0.1, -0.05) is 45.0 Å². The van der Waals surface area contributed by atoms with Crippen LogP contribution in [0.3, 0.4) is 0 Å². The fraction of sp³-hybridized carbons (Fsp3) is 0.500. The SMILES string of the molecule is CC(C)(C)C(=O)CCc1ccc(CO)cc1. The number of aryl methyl sites for hydroxylation is 1. The molecule has 2 heteroatoms. The number of aliphatic hydroxyl groups is 1. The first kappa shape index (κ1) is 12.9. The maximum Gasteiger partial charge on any atom is 0.138 e. The van der Waals surface area contributed by atoms with Crippen molar-refractivity contribution in [3.8, 4) is 0 Å². The van der Waals surface area contributed by atoms with E-state index >= 15 is 0 Å². The monoisotopic (exact) mass is 220 g/mol. The molecule has 1 N–H and O–H groups in total. The van der Waals surface area contributed by atoms with Gasteiger partial charge in [0.25, 0.3) is 0 Å². The van der Waals surface area contributed by atoms with Crippen LogP contribution >= 0.6 is 0 Å². The summed E-state index contributed by atoms with van der Waals surface area (Å²) in [5, 5.41) is 8.90. The Labute approximate surface area is 97.3 Å². The zero-order chi connectivity index (χ0) is 12.2. The lowest BCUT2D eigenvalue weighted by Crippen LogP contribution is -2.20. The maximum atomic E-state index is 11.7. The van der Waals surface area contributed by atoms with Gasteiger partial charge in [0.1, 0.15) is 5.78 Å². The highest BCUT2D eigenvalue weighted by Gasteiger charge is 2.20. The van der Waals surface area contributed by atoms with Crippen molar-refractivity contribution in [3.05, 3.63) is 35.4 Å². The first-order valence-corrected chi connectivity index (χ1v) is 5.65. The standard InChI is InChI=1S/C14H20O2/c1-14(2,3)13(16)9-8-11-4-6-12(10-15)7-5-11/h4-7,15H,8-10H2,1-3H3. The van der Waals surface area contributed by atoms with Crippen LogP contribution in [0.1, 0.15) is 38.3 Å². The first-order valence-electron chi connectivity index (χ1n) is 5.65. The van der Waals surface area contributed by atoms with Crippen molar-refractivity contribution in [2.45, 2.75) is 40.2 Å². The summed E-state index contributed by atoms with van der Waals surface area (Å²) in [6.45, 7) is 5.92. The zero-order valence-corrected chi connectivity index (χ0v) is 10.3. The number of ketones is 1. The molecule has 0 saturated heterocycles. The third kappa shape index (κ3) is 3.78. The summed E-state index contributed by atoms with van der Waals surface area (Å²) >= 11 is 0. The average Bonchev–Trinajstić information content (AvgIpc) is 2.25. The highest BCUT2D eigenvalue weighted by molar-refractivity contribution is 5.83. The molecule has 2 nitrogen and oxygen atoms in total. The lowest BCUT2D eigenvalue weighted by molar-refractivity contribution is -0.126. The molecule has 0 heterocycles. The van der Waals surface area contributed by atoms with E-state index < -0.39 is 0 Å². The molecule has 0 aromatic heterocycles. The molecule has 0 aliphatic carbocycles. The molecule has 0 bridgehead atoms. The second-order valence-corrected chi connectivity index (χ2v) is 5.15. The Kier molecular flexibility index (Phi) is 4.25. The van der Waals surface area contributed by atoms with Gasteiger partial charge in [-0.3, -0.25) is 4.79 Å². The van der Waals surface area contributed by atoms with Crippen LogP contribution in [-0.4, -0.2) is 10.9 Å². The van der Waals surface area contributed by atoms with E-state index in [0.717, 1.165) is 17.5 Å². The molecule has 0 fully saturated rings. The molecular weight excluding hydrogens is 200 g/mol. The Balaban J connectivity index is 2.52. The Morgan fingerprint density at radius 2 is 1.62 bits per heavy atom. The fourth-order valence-corrected chi connectivity index (χ4v) is 1.44. The summed E-state index contributed by atoms with van der Waals surface area (Å²) in [6.07, 6.45) is 1.36. The van der Waals surface area contributed by atoms with Gasteiger partial charge in [-0.15, -0.1) is 0 Å². The summed E-state index contributed by atoms with van der Waals surface area (Å²) < 4.78 is 0. The molecule has 0 aliphatic heterocycles. The van der Waals surface area contributed by atoms with Crippen LogP contribution in [0.25, 0.3) is 0 Å². The number of carbonyl (C=O) groups excluding carboxylic acids is 1. The van der Waals surface area contributed by atoms with Gasteiger partial charge in [0.05, 0.1) is 6.61 Å². The van der Waals surface area contributed by atoms with Crippen LogP contribution in [0.15, 0.2) is 24.3 Å². The molecule has 1 rings (SSSR count).